The van der Waals surface area contributed by atoms with E-state index in [1.165, 1.54) is 11.1 Å². The van der Waals surface area contributed by atoms with Gasteiger partial charge in [0.1, 0.15) is 0 Å². The van der Waals surface area contributed by atoms with Crippen LogP contribution in [-0.4, -0.2) is 58.0 Å². The molecule has 0 aromatic heterocycles. The first-order valence-electron chi connectivity index (χ1n) is 12.1. The summed E-state index contributed by atoms with van der Waals surface area (Å²) in [4.78, 5) is 1.75. The van der Waals surface area contributed by atoms with Crippen molar-refractivity contribution < 1.29 is 20.1 Å². The Morgan fingerprint density at radius 2 is 1.94 bits per heavy atom. The van der Waals surface area contributed by atoms with Gasteiger partial charge in [-0.2, -0.15) is 0 Å². The number of aliphatic hydroxyl groups excluding tert-OH is 1. The maximum Gasteiger partial charge on any atom is 0.232 e. The highest BCUT2D eigenvalue weighted by Crippen LogP contribution is 2.31. The van der Waals surface area contributed by atoms with Gasteiger partial charge in [-0.1, -0.05) is 55.5 Å². The molecule has 2 aliphatic rings. The topological polar surface area (TPSA) is 85.2 Å². The average molecular weight is 457 g/mol. The minimum atomic E-state index is -1.99. The number of allylic oxidation sites excluding steroid dienone is 5. The first kappa shape index (κ1) is 25.7. The van der Waals surface area contributed by atoms with Crippen molar-refractivity contribution >= 4 is 5.57 Å². The number of nitrogens with zero attached hydrogens (tertiary/aromatic N) is 1. The van der Waals surface area contributed by atoms with Crippen LogP contribution >= 0.6 is 0 Å². The summed E-state index contributed by atoms with van der Waals surface area (Å²) in [5, 5.41) is 35.1. The molecule has 0 spiro atoms. The maximum absolute atomic E-state index is 11.3. The number of aliphatic hydroxyl groups is 3. The van der Waals surface area contributed by atoms with Crippen LogP contribution in [0.25, 0.3) is 5.57 Å². The van der Waals surface area contributed by atoms with Gasteiger partial charge in [-0.25, -0.2) is 4.90 Å². The van der Waals surface area contributed by atoms with Crippen molar-refractivity contribution in [2.75, 3.05) is 19.7 Å². The predicted molar refractivity (Wildman–Crippen MR) is 132 cm³/mol. The smallest absolute Gasteiger partial charge is 0.232 e. The molecule has 4 N–H and O–H groups in total. The summed E-state index contributed by atoms with van der Waals surface area (Å²) in [5.74, 6) is -2.23. The Kier molecular flexibility index (Phi) is 9.29. The molecule has 1 aromatic rings. The Balaban J connectivity index is 1.59. The van der Waals surface area contributed by atoms with E-state index in [9.17, 15) is 15.3 Å². The molecule has 1 fully saturated rings. The molecule has 182 valence electrons. The summed E-state index contributed by atoms with van der Waals surface area (Å²) < 4.78 is 6.06. The molecule has 3 rings (SSSR count). The van der Waals surface area contributed by atoms with E-state index in [1.54, 1.807) is 4.90 Å². The molecular formula is C27H40N2O4. The lowest BCUT2D eigenvalue weighted by Gasteiger charge is -2.43. The maximum atomic E-state index is 11.3. The number of rotatable bonds is 13. The fraction of sp³-hybridized carbons (Fsp3) is 0.556. The van der Waals surface area contributed by atoms with Crippen molar-refractivity contribution in [1.82, 2.24) is 10.2 Å². The summed E-state index contributed by atoms with van der Waals surface area (Å²) in [6.45, 7) is 9.57. The molecule has 0 amide bonds. The number of ether oxygens (including phenoxy) is 1. The van der Waals surface area contributed by atoms with Crippen LogP contribution in [0.3, 0.4) is 0 Å². The quantitative estimate of drug-likeness (QED) is 0.203. The Morgan fingerprint density at radius 1 is 1.18 bits per heavy atom. The van der Waals surface area contributed by atoms with Crippen molar-refractivity contribution in [2.45, 2.75) is 70.6 Å². The molecule has 0 saturated carbocycles. The molecule has 0 bridgehead atoms. The van der Waals surface area contributed by atoms with E-state index in [0.29, 0.717) is 32.7 Å². The van der Waals surface area contributed by atoms with Gasteiger partial charge in [0.15, 0.2) is 0 Å². The van der Waals surface area contributed by atoms with E-state index in [1.807, 2.05) is 13.8 Å². The zero-order valence-corrected chi connectivity index (χ0v) is 20.0. The van der Waals surface area contributed by atoms with Gasteiger partial charge in [0.05, 0.1) is 17.8 Å². The van der Waals surface area contributed by atoms with Gasteiger partial charge >= 0.3 is 0 Å². The van der Waals surface area contributed by atoms with Crippen LogP contribution in [0.15, 0.2) is 54.8 Å². The number of benzene rings is 1. The lowest BCUT2D eigenvalue weighted by molar-refractivity contribution is -0.315. The van der Waals surface area contributed by atoms with Gasteiger partial charge in [-0.15, -0.1) is 0 Å². The van der Waals surface area contributed by atoms with Crippen molar-refractivity contribution in [2.24, 2.45) is 5.92 Å². The third-order valence-corrected chi connectivity index (χ3v) is 6.59. The number of unbranched alkanes of at least 4 members (excludes halogenated alkanes) is 2. The van der Waals surface area contributed by atoms with Crippen molar-refractivity contribution in [3.8, 4) is 0 Å². The molecular weight excluding hydrogens is 416 g/mol. The summed E-state index contributed by atoms with van der Waals surface area (Å²) in [5.41, 5.74) is 3.55. The summed E-state index contributed by atoms with van der Waals surface area (Å²) in [6.07, 6.45) is 10.4. The fourth-order valence-electron chi connectivity index (χ4n) is 4.63. The molecule has 1 aliphatic carbocycles. The van der Waals surface area contributed by atoms with E-state index in [2.05, 4.69) is 54.4 Å². The Hall–Kier alpha value is -1.96. The standard InChI is InChI=1S/C27H40N2O4/c1-20(2)29(19-22-12-14-24(15-13-22)23-10-6-7-11-23)27(31,32)25-17-28-18-26(25)33-16-8-4-5-9-21(3)30/h6-7,10,12-15,20,25-26,28,30-32H,3-5,8-9,11,16-19H2,1-2H3. The SMILES string of the molecule is C=C(O)CCCCCOC1CNCC1C(O)(O)N(Cc1ccc(C2=CC=CC2)cc1)C(C)C. The van der Waals surface area contributed by atoms with E-state index >= 15 is 0 Å². The fourth-order valence-corrected chi connectivity index (χ4v) is 4.63. The lowest BCUT2D eigenvalue weighted by atomic mass is 9.97. The van der Waals surface area contributed by atoms with Gasteiger partial charge in [-0.05, 0) is 49.8 Å². The highest BCUT2D eigenvalue weighted by Gasteiger charge is 2.48. The van der Waals surface area contributed by atoms with E-state index in [0.717, 1.165) is 31.2 Å². The summed E-state index contributed by atoms with van der Waals surface area (Å²) >= 11 is 0. The third-order valence-electron chi connectivity index (χ3n) is 6.59. The van der Waals surface area contributed by atoms with Crippen LogP contribution in [0, 0.1) is 5.92 Å². The molecule has 6 heteroatoms. The molecule has 1 heterocycles. The summed E-state index contributed by atoms with van der Waals surface area (Å²) in [7, 11) is 0. The van der Waals surface area contributed by atoms with Gasteiger partial charge in [0, 0.05) is 38.7 Å². The highest BCUT2D eigenvalue weighted by atomic mass is 16.5. The molecule has 2 unspecified atom stereocenters. The number of hydrogen-bond donors (Lipinski definition) is 4. The predicted octanol–water partition coefficient (Wildman–Crippen LogP) is 4.12. The van der Waals surface area contributed by atoms with Crippen LogP contribution in [0.2, 0.25) is 0 Å². The van der Waals surface area contributed by atoms with Crippen molar-refractivity contribution in [3.63, 3.8) is 0 Å². The molecule has 2 atom stereocenters. The normalized spacial score (nSPS) is 20.7. The average Bonchev–Trinajstić information content (AvgIpc) is 3.47. The Morgan fingerprint density at radius 3 is 2.58 bits per heavy atom. The van der Waals surface area contributed by atoms with Gasteiger partial charge in [0.2, 0.25) is 5.91 Å². The number of hydrogen-bond acceptors (Lipinski definition) is 6. The van der Waals surface area contributed by atoms with Crippen LogP contribution in [0.5, 0.6) is 0 Å². The number of nitrogens with one attached hydrogen (secondary N) is 1. The molecule has 1 saturated heterocycles. The second-order valence-electron chi connectivity index (χ2n) is 9.48. The van der Waals surface area contributed by atoms with Crippen molar-refractivity contribution in [1.29, 1.82) is 0 Å². The van der Waals surface area contributed by atoms with E-state index in [-0.39, 0.29) is 17.9 Å². The van der Waals surface area contributed by atoms with E-state index in [4.69, 9.17) is 4.74 Å². The molecule has 0 radical (unpaired) electrons. The Labute approximate surface area is 198 Å². The lowest BCUT2D eigenvalue weighted by Crippen LogP contribution is -2.59. The van der Waals surface area contributed by atoms with Gasteiger partial charge in [0.25, 0.3) is 0 Å². The van der Waals surface area contributed by atoms with Crippen LogP contribution in [0.4, 0.5) is 0 Å². The Bertz CT molecular complexity index is 829. The zero-order valence-electron chi connectivity index (χ0n) is 20.0. The molecule has 33 heavy (non-hydrogen) atoms. The third kappa shape index (κ3) is 7.01. The minimum Gasteiger partial charge on any atom is -0.513 e. The van der Waals surface area contributed by atoms with Gasteiger partial charge < -0.3 is 25.4 Å². The molecule has 1 aliphatic heterocycles. The monoisotopic (exact) mass is 456 g/mol. The highest BCUT2D eigenvalue weighted by molar-refractivity contribution is 5.70. The zero-order chi connectivity index (χ0) is 23.8. The van der Waals surface area contributed by atoms with Gasteiger partial charge in [-0.3, -0.25) is 0 Å². The second kappa shape index (κ2) is 12.0. The molecule has 6 nitrogen and oxygen atoms in total. The largest absolute Gasteiger partial charge is 0.513 e. The first-order valence-corrected chi connectivity index (χ1v) is 12.1. The molecule has 1 aromatic carbocycles. The van der Waals surface area contributed by atoms with E-state index < -0.39 is 11.8 Å². The first-order chi connectivity index (χ1) is 15.8. The van der Waals surface area contributed by atoms with Crippen LogP contribution in [-0.2, 0) is 11.3 Å². The van der Waals surface area contributed by atoms with Crippen LogP contribution < -0.4 is 5.32 Å². The van der Waals surface area contributed by atoms with Crippen molar-refractivity contribution in [3.05, 3.63) is 66.0 Å². The minimum absolute atomic E-state index is 0.0609. The summed E-state index contributed by atoms with van der Waals surface area (Å²) in [6, 6.07) is 8.30. The van der Waals surface area contributed by atoms with Crippen LogP contribution in [0.1, 0.15) is 57.1 Å². The second-order valence-corrected chi connectivity index (χ2v) is 9.48.